The Balaban J connectivity index is 1.94. The van der Waals surface area contributed by atoms with Crippen LogP contribution in [-0.2, 0) is 6.42 Å². The molecule has 5 heteroatoms. The van der Waals surface area contributed by atoms with Gasteiger partial charge in [-0.3, -0.25) is 4.79 Å². The maximum atomic E-state index is 12.0. The van der Waals surface area contributed by atoms with Crippen molar-refractivity contribution in [3.8, 4) is 0 Å². The van der Waals surface area contributed by atoms with Crippen molar-refractivity contribution in [3.63, 3.8) is 0 Å². The lowest BCUT2D eigenvalue weighted by atomic mass is 10.0. The topological polar surface area (TPSA) is 54.9 Å². The summed E-state index contributed by atoms with van der Waals surface area (Å²) in [5.41, 5.74) is 2.00. The van der Waals surface area contributed by atoms with Crippen molar-refractivity contribution in [2.24, 2.45) is 0 Å². The quantitative estimate of drug-likeness (QED) is 0.912. The molecule has 0 fully saturated rings. The zero-order valence-corrected chi connectivity index (χ0v) is 11.9. The van der Waals surface area contributed by atoms with Crippen LogP contribution in [0.3, 0.4) is 0 Å². The van der Waals surface area contributed by atoms with Crippen molar-refractivity contribution in [1.82, 2.24) is 14.9 Å². The van der Waals surface area contributed by atoms with E-state index in [1.807, 2.05) is 25.1 Å². The second-order valence-electron chi connectivity index (χ2n) is 4.42. The molecule has 1 heterocycles. The van der Waals surface area contributed by atoms with E-state index < -0.39 is 0 Å². The van der Waals surface area contributed by atoms with Gasteiger partial charge in [0, 0.05) is 6.54 Å². The minimum atomic E-state index is -0.0744. The fourth-order valence-corrected chi connectivity index (χ4v) is 2.50. The van der Waals surface area contributed by atoms with Crippen molar-refractivity contribution >= 4 is 17.4 Å². The van der Waals surface area contributed by atoms with Crippen molar-refractivity contribution in [2.45, 2.75) is 26.2 Å². The molecule has 1 unspecified atom stereocenters. The van der Waals surface area contributed by atoms with E-state index in [4.69, 9.17) is 0 Å². The van der Waals surface area contributed by atoms with Crippen molar-refractivity contribution in [1.29, 1.82) is 0 Å². The number of nitrogens with one attached hydrogen (secondary N) is 1. The van der Waals surface area contributed by atoms with E-state index in [0.29, 0.717) is 11.4 Å². The molecule has 1 atom stereocenters. The first-order chi connectivity index (χ1) is 9.22. The van der Waals surface area contributed by atoms with E-state index in [2.05, 4.69) is 34.0 Å². The first-order valence-electron chi connectivity index (χ1n) is 6.36. The van der Waals surface area contributed by atoms with E-state index in [9.17, 15) is 4.79 Å². The fraction of sp³-hybridized carbons (Fsp3) is 0.357. The zero-order valence-electron chi connectivity index (χ0n) is 11.1. The molecule has 2 rings (SSSR count). The van der Waals surface area contributed by atoms with Gasteiger partial charge in [-0.2, -0.15) is 0 Å². The van der Waals surface area contributed by atoms with Crippen LogP contribution >= 0.6 is 11.5 Å². The third-order valence-corrected chi connectivity index (χ3v) is 3.80. The smallest absolute Gasteiger partial charge is 0.264 e. The van der Waals surface area contributed by atoms with E-state index in [-0.39, 0.29) is 11.8 Å². The Morgan fingerprint density at radius 1 is 1.37 bits per heavy atom. The van der Waals surface area contributed by atoms with Gasteiger partial charge in [0.05, 0.1) is 5.69 Å². The number of amides is 1. The number of carbonyl (C=O) groups is 1. The number of aryl methyl sites for hydroxylation is 1. The van der Waals surface area contributed by atoms with Gasteiger partial charge >= 0.3 is 0 Å². The monoisotopic (exact) mass is 275 g/mol. The molecule has 1 amide bonds. The summed E-state index contributed by atoms with van der Waals surface area (Å²) < 4.78 is 3.83. The molecule has 0 saturated carbocycles. The van der Waals surface area contributed by atoms with E-state index in [1.54, 1.807) is 0 Å². The Kier molecular flexibility index (Phi) is 4.63. The standard InChI is InChI=1S/C14H17N3OS/c1-3-12-13(19-17-16-12)14(18)15-9-10(2)11-7-5-4-6-8-11/h4-8,10H,3,9H2,1-2H3,(H,15,18). The number of carbonyl (C=O) groups excluding carboxylic acids is 1. The van der Waals surface area contributed by atoms with Gasteiger partial charge in [0.15, 0.2) is 0 Å². The molecule has 0 aliphatic heterocycles. The molecule has 1 N–H and O–H groups in total. The summed E-state index contributed by atoms with van der Waals surface area (Å²) in [6.45, 7) is 4.69. The summed E-state index contributed by atoms with van der Waals surface area (Å²) in [5, 5.41) is 6.90. The molecule has 19 heavy (non-hydrogen) atoms. The minimum Gasteiger partial charge on any atom is -0.351 e. The van der Waals surface area contributed by atoms with E-state index in [1.165, 1.54) is 5.56 Å². The number of benzene rings is 1. The number of hydrogen-bond acceptors (Lipinski definition) is 4. The number of aromatic nitrogens is 2. The number of nitrogens with zero attached hydrogens (tertiary/aromatic N) is 2. The fourth-order valence-electron chi connectivity index (χ4n) is 1.84. The normalized spacial score (nSPS) is 12.1. The highest BCUT2D eigenvalue weighted by molar-refractivity contribution is 7.08. The molecule has 1 aromatic heterocycles. The first kappa shape index (κ1) is 13.7. The molecular formula is C14H17N3OS. The Hall–Kier alpha value is -1.75. The molecule has 0 spiro atoms. The summed E-state index contributed by atoms with van der Waals surface area (Å²) in [7, 11) is 0. The van der Waals surface area contributed by atoms with Gasteiger partial charge < -0.3 is 5.32 Å². The van der Waals surface area contributed by atoms with Crippen LogP contribution in [0.5, 0.6) is 0 Å². The lowest BCUT2D eigenvalue weighted by Gasteiger charge is -2.12. The highest BCUT2D eigenvalue weighted by atomic mass is 32.1. The van der Waals surface area contributed by atoms with Crippen LogP contribution in [0.4, 0.5) is 0 Å². The molecular weight excluding hydrogens is 258 g/mol. The predicted octanol–water partition coefficient (Wildman–Crippen LogP) is 2.63. The molecule has 0 aliphatic rings. The summed E-state index contributed by atoms with van der Waals surface area (Å²) in [6, 6.07) is 10.2. The van der Waals surface area contributed by atoms with Gasteiger partial charge in [-0.15, -0.1) is 5.10 Å². The third-order valence-electron chi connectivity index (χ3n) is 3.03. The van der Waals surface area contributed by atoms with Gasteiger partial charge in [-0.1, -0.05) is 48.7 Å². The molecule has 1 aromatic carbocycles. The van der Waals surface area contributed by atoms with Crippen LogP contribution in [0, 0.1) is 0 Å². The largest absolute Gasteiger partial charge is 0.351 e. The number of rotatable bonds is 5. The number of hydrogen-bond donors (Lipinski definition) is 1. The van der Waals surface area contributed by atoms with E-state index in [0.717, 1.165) is 23.6 Å². The average Bonchev–Trinajstić information content (AvgIpc) is 2.93. The molecule has 0 bridgehead atoms. The summed E-state index contributed by atoms with van der Waals surface area (Å²) in [6.07, 6.45) is 0.730. The van der Waals surface area contributed by atoms with Gasteiger partial charge in [-0.05, 0) is 29.4 Å². The van der Waals surface area contributed by atoms with Crippen molar-refractivity contribution in [2.75, 3.05) is 6.54 Å². The molecule has 0 radical (unpaired) electrons. The minimum absolute atomic E-state index is 0.0744. The van der Waals surface area contributed by atoms with Crippen LogP contribution in [0.15, 0.2) is 30.3 Å². The third kappa shape index (κ3) is 3.38. The van der Waals surface area contributed by atoms with E-state index >= 15 is 0 Å². The second kappa shape index (κ2) is 6.43. The molecule has 0 aliphatic carbocycles. The van der Waals surface area contributed by atoms with Gasteiger partial charge in [-0.25, -0.2) is 0 Å². The van der Waals surface area contributed by atoms with Crippen LogP contribution in [-0.4, -0.2) is 22.0 Å². The second-order valence-corrected chi connectivity index (χ2v) is 5.18. The van der Waals surface area contributed by atoms with Gasteiger partial charge in [0.1, 0.15) is 4.88 Å². The van der Waals surface area contributed by atoms with Crippen LogP contribution in [0.1, 0.15) is 40.7 Å². The maximum Gasteiger partial charge on any atom is 0.264 e. The Morgan fingerprint density at radius 3 is 2.79 bits per heavy atom. The molecule has 100 valence electrons. The summed E-state index contributed by atoms with van der Waals surface area (Å²) >= 11 is 1.16. The van der Waals surface area contributed by atoms with Crippen LogP contribution in [0.2, 0.25) is 0 Å². The van der Waals surface area contributed by atoms with Crippen molar-refractivity contribution in [3.05, 3.63) is 46.5 Å². The Morgan fingerprint density at radius 2 is 2.11 bits per heavy atom. The molecule has 2 aromatic rings. The average molecular weight is 275 g/mol. The Labute approximate surface area is 117 Å². The zero-order chi connectivity index (χ0) is 13.7. The maximum absolute atomic E-state index is 12.0. The van der Waals surface area contributed by atoms with Gasteiger partial charge in [0.25, 0.3) is 5.91 Å². The Bertz CT molecular complexity index is 539. The van der Waals surface area contributed by atoms with Crippen LogP contribution in [0.25, 0.3) is 0 Å². The predicted molar refractivity (Wildman–Crippen MR) is 76.5 cm³/mol. The highest BCUT2D eigenvalue weighted by Crippen LogP contribution is 2.15. The highest BCUT2D eigenvalue weighted by Gasteiger charge is 2.15. The molecule has 4 nitrogen and oxygen atoms in total. The van der Waals surface area contributed by atoms with Crippen LogP contribution < -0.4 is 5.32 Å². The SMILES string of the molecule is CCc1nnsc1C(=O)NCC(C)c1ccccc1. The summed E-state index contributed by atoms with van der Waals surface area (Å²) in [4.78, 5) is 12.7. The van der Waals surface area contributed by atoms with Gasteiger partial charge in [0.2, 0.25) is 0 Å². The lowest BCUT2D eigenvalue weighted by Crippen LogP contribution is -2.27. The summed E-state index contributed by atoms with van der Waals surface area (Å²) in [5.74, 6) is 0.214. The van der Waals surface area contributed by atoms with Crippen molar-refractivity contribution < 1.29 is 4.79 Å². The first-order valence-corrected chi connectivity index (χ1v) is 7.14. The lowest BCUT2D eigenvalue weighted by molar-refractivity contribution is 0.0954. The molecule has 0 saturated heterocycles.